The van der Waals surface area contributed by atoms with E-state index in [0.29, 0.717) is 5.75 Å². The van der Waals surface area contributed by atoms with Crippen LogP contribution in [0.4, 0.5) is 0 Å². The van der Waals surface area contributed by atoms with E-state index in [2.05, 4.69) is 19.9 Å². The summed E-state index contributed by atoms with van der Waals surface area (Å²) in [5, 5.41) is 12.5. The van der Waals surface area contributed by atoms with Crippen molar-refractivity contribution in [1.29, 1.82) is 0 Å². The second-order valence-corrected chi connectivity index (χ2v) is 5.46. The topological polar surface area (TPSA) is 38.7 Å². The van der Waals surface area contributed by atoms with Crippen LogP contribution in [-0.4, -0.2) is 19.3 Å². The molecule has 20 heavy (non-hydrogen) atoms. The molecule has 0 aliphatic heterocycles. The lowest BCUT2D eigenvalue weighted by atomic mass is 9.90. The number of aromatic hydroxyl groups is 1. The van der Waals surface area contributed by atoms with Gasteiger partial charge in [-0.25, -0.2) is 0 Å². The Balaban J connectivity index is 3.06. The molecule has 0 saturated carbocycles. The average Bonchev–Trinajstić information content (AvgIpc) is 2.40. The molecular formula is C17H22O3. The van der Waals surface area contributed by atoms with E-state index in [1.165, 1.54) is 0 Å². The molecule has 2 aromatic carbocycles. The number of methoxy groups -OCH3 is 2. The van der Waals surface area contributed by atoms with Crippen LogP contribution in [0.2, 0.25) is 0 Å². The molecule has 0 atom stereocenters. The molecule has 0 aliphatic carbocycles. The lowest BCUT2D eigenvalue weighted by Gasteiger charge is -2.20. The Bertz CT molecular complexity index is 657. The number of rotatable bonds is 3. The zero-order valence-corrected chi connectivity index (χ0v) is 13.0. The van der Waals surface area contributed by atoms with Crippen LogP contribution in [0, 0.1) is 13.8 Å². The fourth-order valence-electron chi connectivity index (χ4n) is 2.83. The highest BCUT2D eigenvalue weighted by Gasteiger charge is 2.22. The second kappa shape index (κ2) is 5.23. The van der Waals surface area contributed by atoms with Crippen LogP contribution in [-0.2, 0) is 0 Å². The van der Waals surface area contributed by atoms with Crippen LogP contribution in [0.15, 0.2) is 12.1 Å². The van der Waals surface area contributed by atoms with Crippen LogP contribution in [0.3, 0.4) is 0 Å². The van der Waals surface area contributed by atoms with E-state index in [-0.39, 0.29) is 11.7 Å². The van der Waals surface area contributed by atoms with Crippen molar-refractivity contribution in [2.75, 3.05) is 14.2 Å². The van der Waals surface area contributed by atoms with Crippen molar-refractivity contribution in [3.05, 3.63) is 28.8 Å². The summed E-state index contributed by atoms with van der Waals surface area (Å²) in [6.45, 7) is 8.13. The highest BCUT2D eigenvalue weighted by molar-refractivity contribution is 5.98. The van der Waals surface area contributed by atoms with E-state index in [9.17, 15) is 5.11 Å². The molecule has 2 rings (SSSR count). The maximum atomic E-state index is 10.4. The van der Waals surface area contributed by atoms with Crippen LogP contribution >= 0.6 is 0 Å². The summed E-state index contributed by atoms with van der Waals surface area (Å²) in [6, 6.07) is 4.12. The third-order valence-corrected chi connectivity index (χ3v) is 3.73. The molecule has 0 spiro atoms. The molecule has 3 heteroatoms. The van der Waals surface area contributed by atoms with E-state index in [1.807, 2.05) is 19.9 Å². The summed E-state index contributed by atoms with van der Waals surface area (Å²) in [7, 11) is 3.25. The number of benzene rings is 2. The maximum Gasteiger partial charge on any atom is 0.164 e. The predicted octanol–water partition coefficient (Wildman–Crippen LogP) is 4.30. The molecule has 0 amide bonds. The van der Waals surface area contributed by atoms with Crippen molar-refractivity contribution in [1.82, 2.24) is 0 Å². The number of ether oxygens (including phenoxy) is 2. The van der Waals surface area contributed by atoms with Gasteiger partial charge >= 0.3 is 0 Å². The van der Waals surface area contributed by atoms with Crippen molar-refractivity contribution >= 4 is 10.8 Å². The number of phenols is 1. The summed E-state index contributed by atoms with van der Waals surface area (Å²) < 4.78 is 10.9. The third-order valence-electron chi connectivity index (χ3n) is 3.73. The molecule has 0 bridgehead atoms. The van der Waals surface area contributed by atoms with Gasteiger partial charge in [0.15, 0.2) is 11.5 Å². The molecule has 0 saturated heterocycles. The first-order chi connectivity index (χ1) is 9.42. The zero-order valence-electron chi connectivity index (χ0n) is 13.0. The predicted molar refractivity (Wildman–Crippen MR) is 82.3 cm³/mol. The number of hydrogen-bond acceptors (Lipinski definition) is 3. The van der Waals surface area contributed by atoms with Crippen molar-refractivity contribution in [3.8, 4) is 17.2 Å². The highest BCUT2D eigenvalue weighted by Crippen LogP contribution is 2.46. The van der Waals surface area contributed by atoms with Gasteiger partial charge in [-0.05, 0) is 36.8 Å². The smallest absolute Gasteiger partial charge is 0.164 e. The molecule has 3 nitrogen and oxygen atoms in total. The van der Waals surface area contributed by atoms with Gasteiger partial charge in [-0.1, -0.05) is 19.9 Å². The molecule has 0 fully saturated rings. The lowest BCUT2D eigenvalue weighted by Crippen LogP contribution is -2.00. The highest BCUT2D eigenvalue weighted by atomic mass is 16.5. The van der Waals surface area contributed by atoms with Gasteiger partial charge in [-0.15, -0.1) is 0 Å². The Hall–Kier alpha value is -1.90. The molecule has 2 aromatic rings. The molecule has 0 heterocycles. The number of phenolic OH excluding ortho intramolecular Hbond substituents is 1. The van der Waals surface area contributed by atoms with Gasteiger partial charge in [-0.2, -0.15) is 0 Å². The Morgan fingerprint density at radius 3 is 2.20 bits per heavy atom. The largest absolute Gasteiger partial charge is 0.504 e. The van der Waals surface area contributed by atoms with Gasteiger partial charge in [0, 0.05) is 16.5 Å². The first-order valence-electron chi connectivity index (χ1n) is 6.80. The Morgan fingerprint density at radius 2 is 1.70 bits per heavy atom. The fourth-order valence-corrected chi connectivity index (χ4v) is 2.83. The van der Waals surface area contributed by atoms with Gasteiger partial charge in [0.1, 0.15) is 5.75 Å². The normalized spacial score (nSPS) is 11.2. The monoisotopic (exact) mass is 274 g/mol. The first-order valence-corrected chi connectivity index (χ1v) is 6.80. The average molecular weight is 274 g/mol. The third kappa shape index (κ3) is 2.07. The molecule has 1 N–H and O–H groups in total. The summed E-state index contributed by atoms with van der Waals surface area (Å²) in [5.74, 6) is 1.80. The van der Waals surface area contributed by atoms with E-state index in [0.717, 1.165) is 33.2 Å². The van der Waals surface area contributed by atoms with E-state index in [4.69, 9.17) is 9.47 Å². The fraction of sp³-hybridized carbons (Fsp3) is 0.412. The molecule has 0 aliphatic rings. The van der Waals surface area contributed by atoms with Gasteiger partial charge in [0.05, 0.1) is 14.2 Å². The van der Waals surface area contributed by atoms with Gasteiger partial charge in [0.2, 0.25) is 0 Å². The molecule has 108 valence electrons. The van der Waals surface area contributed by atoms with Crippen LogP contribution in [0.1, 0.15) is 36.5 Å². The maximum absolute atomic E-state index is 10.4. The SMILES string of the molecule is COc1c(O)c(C)c2c(OC)cc(C)cc2c1C(C)C. The standard InChI is InChI=1S/C17H22O3/c1-9(2)14-12-7-10(3)8-13(19-5)15(12)11(4)16(18)17(14)20-6/h7-9,18H,1-6H3. The quantitative estimate of drug-likeness (QED) is 0.906. The van der Waals surface area contributed by atoms with Crippen molar-refractivity contribution in [2.45, 2.75) is 33.6 Å². The molecule has 0 radical (unpaired) electrons. The summed E-state index contributed by atoms with van der Waals surface area (Å²) in [5.41, 5.74) is 2.94. The van der Waals surface area contributed by atoms with Crippen LogP contribution in [0.5, 0.6) is 17.2 Å². The van der Waals surface area contributed by atoms with Gasteiger partial charge < -0.3 is 14.6 Å². The minimum absolute atomic E-state index is 0.200. The second-order valence-electron chi connectivity index (χ2n) is 5.46. The van der Waals surface area contributed by atoms with E-state index >= 15 is 0 Å². The Labute approximate surface area is 120 Å². The summed E-state index contributed by atoms with van der Waals surface area (Å²) in [6.07, 6.45) is 0. The van der Waals surface area contributed by atoms with Gasteiger partial charge in [-0.3, -0.25) is 0 Å². The minimum atomic E-state index is 0.200. The van der Waals surface area contributed by atoms with Crippen molar-refractivity contribution in [3.63, 3.8) is 0 Å². The van der Waals surface area contributed by atoms with Gasteiger partial charge in [0.25, 0.3) is 0 Å². The lowest BCUT2D eigenvalue weighted by molar-refractivity contribution is 0.367. The molecule has 0 unspecified atom stereocenters. The summed E-state index contributed by atoms with van der Waals surface area (Å²) in [4.78, 5) is 0. The van der Waals surface area contributed by atoms with E-state index in [1.54, 1.807) is 14.2 Å². The number of fused-ring (bicyclic) bond motifs is 1. The van der Waals surface area contributed by atoms with Crippen molar-refractivity contribution in [2.24, 2.45) is 0 Å². The van der Waals surface area contributed by atoms with Crippen molar-refractivity contribution < 1.29 is 14.6 Å². The van der Waals surface area contributed by atoms with Crippen LogP contribution in [0.25, 0.3) is 10.8 Å². The molecular weight excluding hydrogens is 252 g/mol. The zero-order chi connectivity index (χ0) is 15.0. The summed E-state index contributed by atoms with van der Waals surface area (Å²) >= 11 is 0. The minimum Gasteiger partial charge on any atom is -0.504 e. The molecule has 0 aromatic heterocycles. The Morgan fingerprint density at radius 1 is 1.05 bits per heavy atom. The first kappa shape index (κ1) is 14.5. The van der Waals surface area contributed by atoms with E-state index < -0.39 is 0 Å². The number of aryl methyl sites for hydroxylation is 2. The Kier molecular flexibility index (Phi) is 3.80. The number of hydrogen-bond donors (Lipinski definition) is 1. The van der Waals surface area contributed by atoms with Crippen LogP contribution < -0.4 is 9.47 Å².